The van der Waals surface area contributed by atoms with Crippen molar-refractivity contribution in [3.05, 3.63) is 29.8 Å². The van der Waals surface area contributed by atoms with Crippen LogP contribution in [-0.4, -0.2) is 46.4 Å². The van der Waals surface area contributed by atoms with E-state index in [1.165, 1.54) is 6.07 Å². The topological polar surface area (TPSA) is 91.8 Å². The lowest BCUT2D eigenvalue weighted by molar-refractivity contribution is -0.0504. The van der Waals surface area contributed by atoms with Gasteiger partial charge in [0.25, 0.3) is 0 Å². The Morgan fingerprint density at radius 3 is 2.42 bits per heavy atom. The van der Waals surface area contributed by atoms with E-state index >= 15 is 0 Å². The van der Waals surface area contributed by atoms with Gasteiger partial charge in [-0.05, 0) is 19.9 Å². The summed E-state index contributed by atoms with van der Waals surface area (Å²) in [6.45, 7) is 1.03. The van der Waals surface area contributed by atoms with E-state index in [1.54, 1.807) is 39.1 Å². The number of rotatable bonds is 8. The molecule has 26 heavy (non-hydrogen) atoms. The molecule has 0 saturated carbocycles. The summed E-state index contributed by atoms with van der Waals surface area (Å²) in [7, 11) is -1.80. The van der Waals surface area contributed by atoms with Crippen molar-refractivity contribution in [1.29, 1.82) is 0 Å². The Labute approximate surface area is 170 Å². The van der Waals surface area contributed by atoms with Gasteiger partial charge < -0.3 is 15.4 Å². The molecule has 0 aliphatic rings. The van der Waals surface area contributed by atoms with Crippen molar-refractivity contribution in [1.82, 2.24) is 15.4 Å². The van der Waals surface area contributed by atoms with Crippen LogP contribution in [0.4, 0.5) is 8.78 Å². The van der Waals surface area contributed by atoms with E-state index < -0.39 is 22.2 Å². The van der Waals surface area contributed by atoms with Gasteiger partial charge in [-0.2, -0.15) is 8.78 Å². The Balaban J connectivity index is 0.00000625. The highest BCUT2D eigenvalue weighted by Gasteiger charge is 2.22. The second-order valence-electron chi connectivity index (χ2n) is 6.02. The zero-order chi connectivity index (χ0) is 19.1. The van der Waals surface area contributed by atoms with Crippen LogP contribution in [0.1, 0.15) is 19.4 Å². The number of guanidine groups is 1. The van der Waals surface area contributed by atoms with Gasteiger partial charge in [0.15, 0.2) is 5.96 Å². The molecule has 0 fully saturated rings. The molecule has 1 aromatic carbocycles. The Kier molecular flexibility index (Phi) is 10.3. The average Bonchev–Trinajstić information content (AvgIpc) is 2.45. The highest BCUT2D eigenvalue weighted by molar-refractivity contribution is 14.0. The summed E-state index contributed by atoms with van der Waals surface area (Å²) in [5, 5.41) is 5.96. The van der Waals surface area contributed by atoms with Crippen LogP contribution in [0.3, 0.4) is 0 Å². The molecule has 1 rings (SSSR count). The highest BCUT2D eigenvalue weighted by Crippen LogP contribution is 2.19. The monoisotopic (exact) mass is 506 g/mol. The van der Waals surface area contributed by atoms with Crippen molar-refractivity contribution < 1.29 is 21.9 Å². The SMILES string of the molecule is CN=C(NCc1ccccc1OC(F)F)NCC(C)(C)NS(C)(=O)=O.I. The number of nitrogens with one attached hydrogen (secondary N) is 3. The minimum Gasteiger partial charge on any atom is -0.434 e. The molecule has 0 amide bonds. The summed E-state index contributed by atoms with van der Waals surface area (Å²) in [6, 6.07) is 6.43. The molecular weight excluding hydrogens is 481 g/mol. The van der Waals surface area contributed by atoms with E-state index in [0.29, 0.717) is 11.5 Å². The molecule has 0 heterocycles. The number of benzene rings is 1. The second-order valence-corrected chi connectivity index (χ2v) is 7.77. The summed E-state index contributed by atoms with van der Waals surface area (Å²) < 4.78 is 54.5. The number of halogens is 3. The maximum absolute atomic E-state index is 12.4. The lowest BCUT2D eigenvalue weighted by atomic mass is 10.1. The van der Waals surface area contributed by atoms with Crippen LogP contribution < -0.4 is 20.1 Å². The van der Waals surface area contributed by atoms with E-state index in [2.05, 4.69) is 25.1 Å². The van der Waals surface area contributed by atoms with Gasteiger partial charge in [-0.15, -0.1) is 24.0 Å². The summed E-state index contributed by atoms with van der Waals surface area (Å²) in [6.07, 6.45) is 1.09. The van der Waals surface area contributed by atoms with Crippen LogP contribution in [0.2, 0.25) is 0 Å². The molecule has 0 unspecified atom stereocenters. The zero-order valence-electron chi connectivity index (χ0n) is 15.0. The minimum atomic E-state index is -3.35. The number of para-hydroxylation sites is 1. The lowest BCUT2D eigenvalue weighted by Gasteiger charge is -2.26. The normalized spacial score (nSPS) is 12.5. The Bertz CT molecular complexity index is 700. The van der Waals surface area contributed by atoms with Crippen LogP contribution in [0.15, 0.2) is 29.3 Å². The molecule has 0 atom stereocenters. The minimum absolute atomic E-state index is 0. The molecule has 0 aromatic heterocycles. The lowest BCUT2D eigenvalue weighted by Crippen LogP contribution is -2.52. The summed E-state index contributed by atoms with van der Waals surface area (Å²) in [5.74, 6) is 0.481. The number of hydrogen-bond donors (Lipinski definition) is 3. The van der Waals surface area contributed by atoms with Gasteiger partial charge in [0.2, 0.25) is 10.0 Å². The number of hydrogen-bond acceptors (Lipinski definition) is 4. The average molecular weight is 506 g/mol. The predicted octanol–water partition coefficient (Wildman–Crippen LogP) is 1.90. The number of aliphatic imine (C=N–C) groups is 1. The first-order valence-corrected chi connectivity index (χ1v) is 9.38. The predicted molar refractivity (Wildman–Crippen MR) is 109 cm³/mol. The van der Waals surface area contributed by atoms with Crippen molar-refractivity contribution >= 4 is 40.0 Å². The van der Waals surface area contributed by atoms with Crippen molar-refractivity contribution in [3.8, 4) is 5.75 Å². The molecule has 0 spiro atoms. The van der Waals surface area contributed by atoms with Crippen LogP contribution in [0.25, 0.3) is 0 Å². The van der Waals surface area contributed by atoms with Gasteiger partial charge in [-0.1, -0.05) is 18.2 Å². The zero-order valence-corrected chi connectivity index (χ0v) is 18.2. The summed E-state index contributed by atoms with van der Waals surface area (Å²) >= 11 is 0. The molecule has 0 aliphatic heterocycles. The standard InChI is InChI=1S/C15H24F2N4O3S.HI/c1-15(2,21-25(4,22)23)10-20-14(18-3)19-9-11-7-5-6-8-12(11)24-13(16)17;/h5-8,13,21H,9-10H2,1-4H3,(H2,18,19,20);1H. The number of nitrogens with zero attached hydrogens (tertiary/aromatic N) is 1. The largest absolute Gasteiger partial charge is 0.434 e. The smallest absolute Gasteiger partial charge is 0.387 e. The third-order valence-electron chi connectivity index (χ3n) is 3.02. The first kappa shape index (κ1) is 24.8. The fourth-order valence-corrected chi connectivity index (χ4v) is 3.18. The maximum Gasteiger partial charge on any atom is 0.387 e. The number of sulfonamides is 1. The van der Waals surface area contributed by atoms with E-state index in [1.807, 2.05) is 0 Å². The highest BCUT2D eigenvalue weighted by atomic mass is 127. The van der Waals surface area contributed by atoms with Crippen molar-refractivity contribution in [2.45, 2.75) is 32.5 Å². The number of ether oxygens (including phenoxy) is 1. The fourth-order valence-electron chi connectivity index (χ4n) is 2.10. The van der Waals surface area contributed by atoms with Crippen LogP contribution in [0.5, 0.6) is 5.75 Å². The van der Waals surface area contributed by atoms with E-state index in [4.69, 9.17) is 0 Å². The van der Waals surface area contributed by atoms with E-state index in [0.717, 1.165) is 6.26 Å². The Morgan fingerprint density at radius 1 is 1.27 bits per heavy atom. The molecule has 3 N–H and O–H groups in total. The van der Waals surface area contributed by atoms with Gasteiger partial charge in [0.05, 0.1) is 6.26 Å². The first-order chi connectivity index (χ1) is 11.5. The molecule has 0 saturated heterocycles. The fraction of sp³-hybridized carbons (Fsp3) is 0.533. The molecule has 11 heteroatoms. The second kappa shape index (κ2) is 10.8. The van der Waals surface area contributed by atoms with Gasteiger partial charge in [-0.25, -0.2) is 13.1 Å². The van der Waals surface area contributed by atoms with Gasteiger partial charge >= 0.3 is 6.61 Å². The third kappa shape index (κ3) is 10.1. The van der Waals surface area contributed by atoms with Crippen molar-refractivity contribution in [3.63, 3.8) is 0 Å². The summed E-state index contributed by atoms with van der Waals surface area (Å²) in [5.41, 5.74) is -0.193. The molecule has 150 valence electrons. The van der Waals surface area contributed by atoms with Crippen molar-refractivity contribution in [2.24, 2.45) is 4.99 Å². The number of alkyl halides is 2. The Morgan fingerprint density at radius 2 is 1.88 bits per heavy atom. The van der Waals surface area contributed by atoms with Crippen LogP contribution in [0, 0.1) is 0 Å². The molecule has 1 aromatic rings. The summed E-state index contributed by atoms with van der Waals surface area (Å²) in [4.78, 5) is 4.02. The molecule has 0 aliphatic carbocycles. The van der Waals surface area contributed by atoms with E-state index in [9.17, 15) is 17.2 Å². The first-order valence-electron chi connectivity index (χ1n) is 7.48. The quantitative estimate of drug-likeness (QED) is 0.285. The maximum atomic E-state index is 12.4. The molecule has 0 radical (unpaired) electrons. The third-order valence-corrected chi connectivity index (χ3v) is 3.94. The molecule has 7 nitrogen and oxygen atoms in total. The molecule has 0 bridgehead atoms. The Hall–Kier alpha value is -1.21. The van der Waals surface area contributed by atoms with Crippen molar-refractivity contribution in [2.75, 3.05) is 19.8 Å². The molecular formula is C15H25F2IN4O3S. The van der Waals surface area contributed by atoms with Gasteiger partial charge in [0.1, 0.15) is 5.75 Å². The van der Waals surface area contributed by atoms with Gasteiger partial charge in [0, 0.05) is 31.2 Å². The van der Waals surface area contributed by atoms with Crippen LogP contribution in [-0.2, 0) is 16.6 Å². The van der Waals surface area contributed by atoms with Gasteiger partial charge in [-0.3, -0.25) is 4.99 Å². The van der Waals surface area contributed by atoms with Crippen LogP contribution >= 0.6 is 24.0 Å². The van der Waals surface area contributed by atoms with E-state index in [-0.39, 0.29) is 42.8 Å².